The Morgan fingerprint density at radius 3 is 1.94 bits per heavy atom. The molecule has 0 saturated carbocycles. The second kappa shape index (κ2) is 5.46. The van der Waals surface area contributed by atoms with E-state index in [-0.39, 0.29) is 5.97 Å². The molecule has 0 heterocycles. The van der Waals surface area contributed by atoms with Gasteiger partial charge in [-0.15, -0.1) is 0 Å². The fraction of sp³-hybridized carbons (Fsp3) is 0.273. The summed E-state index contributed by atoms with van der Waals surface area (Å²) in [5.41, 5.74) is 0. The Morgan fingerprint density at radius 1 is 1.12 bits per heavy atom. The first-order valence-electron chi connectivity index (χ1n) is 4.66. The third kappa shape index (κ3) is 3.86. The standard InChI is InChI=1S/C11H13NO3S/c1-8(13)14-9-4-6-10(7-5-9)15-11(16)12(2)3/h4-7H,1-3H3. The molecule has 0 spiro atoms. The Morgan fingerprint density at radius 2 is 1.56 bits per heavy atom. The summed E-state index contributed by atoms with van der Waals surface area (Å²) in [5.74, 6) is 0.739. The summed E-state index contributed by atoms with van der Waals surface area (Å²) < 4.78 is 10.2. The number of carbonyl (C=O) groups excluding carboxylic acids is 1. The summed E-state index contributed by atoms with van der Waals surface area (Å²) >= 11 is 4.98. The quantitative estimate of drug-likeness (QED) is 0.447. The lowest BCUT2D eigenvalue weighted by atomic mass is 10.3. The van der Waals surface area contributed by atoms with Crippen molar-refractivity contribution in [2.24, 2.45) is 0 Å². The maximum atomic E-state index is 10.7. The molecule has 0 bridgehead atoms. The fourth-order valence-electron chi connectivity index (χ4n) is 0.934. The lowest BCUT2D eigenvalue weighted by molar-refractivity contribution is -0.131. The summed E-state index contributed by atoms with van der Waals surface area (Å²) in [6.07, 6.45) is 0. The molecule has 0 saturated heterocycles. The van der Waals surface area contributed by atoms with Crippen LogP contribution in [0.4, 0.5) is 0 Å². The Labute approximate surface area is 99.8 Å². The van der Waals surface area contributed by atoms with Crippen molar-refractivity contribution in [1.29, 1.82) is 0 Å². The van der Waals surface area contributed by atoms with Crippen LogP contribution in [-0.4, -0.2) is 30.1 Å². The molecule has 0 fully saturated rings. The highest BCUT2D eigenvalue weighted by molar-refractivity contribution is 7.80. The van der Waals surface area contributed by atoms with Gasteiger partial charge in [-0.2, -0.15) is 0 Å². The van der Waals surface area contributed by atoms with E-state index in [1.807, 2.05) is 0 Å². The van der Waals surface area contributed by atoms with Crippen LogP contribution in [-0.2, 0) is 4.79 Å². The van der Waals surface area contributed by atoms with Crippen molar-refractivity contribution < 1.29 is 14.3 Å². The summed E-state index contributed by atoms with van der Waals surface area (Å²) in [6, 6.07) is 6.67. The third-order valence-electron chi connectivity index (χ3n) is 1.66. The van der Waals surface area contributed by atoms with Gasteiger partial charge in [0.15, 0.2) is 0 Å². The van der Waals surface area contributed by atoms with E-state index < -0.39 is 0 Å². The Balaban J connectivity index is 2.64. The van der Waals surface area contributed by atoms with Crippen molar-refractivity contribution in [3.8, 4) is 11.5 Å². The molecule has 0 N–H and O–H groups in total. The van der Waals surface area contributed by atoms with Crippen LogP contribution in [0.3, 0.4) is 0 Å². The second-order valence-corrected chi connectivity index (χ2v) is 3.68. The predicted molar refractivity (Wildman–Crippen MR) is 64.7 cm³/mol. The lowest BCUT2D eigenvalue weighted by Gasteiger charge is -2.14. The van der Waals surface area contributed by atoms with Crippen molar-refractivity contribution in [3.05, 3.63) is 24.3 Å². The summed E-state index contributed by atoms with van der Waals surface area (Å²) in [5, 5.41) is 0.375. The maximum Gasteiger partial charge on any atom is 0.308 e. The molecule has 0 atom stereocenters. The summed E-state index contributed by atoms with van der Waals surface area (Å²) in [6.45, 7) is 1.35. The van der Waals surface area contributed by atoms with Crippen molar-refractivity contribution in [3.63, 3.8) is 0 Å². The van der Waals surface area contributed by atoms with Gasteiger partial charge >= 0.3 is 5.97 Å². The molecular formula is C11H13NO3S. The summed E-state index contributed by atoms with van der Waals surface area (Å²) in [7, 11) is 3.60. The predicted octanol–water partition coefficient (Wildman–Crippen LogP) is 1.84. The Bertz CT molecular complexity index is 387. The zero-order chi connectivity index (χ0) is 12.1. The van der Waals surface area contributed by atoms with Crippen molar-refractivity contribution in [2.75, 3.05) is 14.1 Å². The van der Waals surface area contributed by atoms with E-state index in [9.17, 15) is 4.79 Å². The van der Waals surface area contributed by atoms with Crippen LogP contribution in [0.2, 0.25) is 0 Å². The van der Waals surface area contributed by atoms with Gasteiger partial charge in [0.25, 0.3) is 5.17 Å². The first kappa shape index (κ1) is 12.4. The van der Waals surface area contributed by atoms with E-state index in [4.69, 9.17) is 21.7 Å². The Kier molecular flexibility index (Phi) is 4.25. The van der Waals surface area contributed by atoms with E-state index in [1.54, 1.807) is 43.3 Å². The third-order valence-corrected chi connectivity index (χ3v) is 2.10. The van der Waals surface area contributed by atoms with Gasteiger partial charge in [0.1, 0.15) is 11.5 Å². The smallest absolute Gasteiger partial charge is 0.308 e. The number of ether oxygens (including phenoxy) is 2. The van der Waals surface area contributed by atoms with Crippen LogP contribution in [0.1, 0.15) is 6.92 Å². The van der Waals surface area contributed by atoms with Gasteiger partial charge in [-0.25, -0.2) is 0 Å². The number of hydrogen-bond donors (Lipinski definition) is 0. The van der Waals surface area contributed by atoms with Crippen LogP contribution in [0.15, 0.2) is 24.3 Å². The second-order valence-electron chi connectivity index (χ2n) is 3.33. The molecule has 0 unspecified atom stereocenters. The average Bonchev–Trinajstić information content (AvgIpc) is 2.20. The number of hydrogen-bond acceptors (Lipinski definition) is 4. The minimum absolute atomic E-state index is 0.350. The van der Waals surface area contributed by atoms with Crippen LogP contribution in [0, 0.1) is 0 Å². The molecular weight excluding hydrogens is 226 g/mol. The van der Waals surface area contributed by atoms with Crippen LogP contribution < -0.4 is 9.47 Å². The topological polar surface area (TPSA) is 38.8 Å². The minimum atomic E-state index is -0.350. The first-order valence-corrected chi connectivity index (χ1v) is 5.07. The van der Waals surface area contributed by atoms with Gasteiger partial charge in [-0.1, -0.05) is 0 Å². The van der Waals surface area contributed by atoms with E-state index in [1.165, 1.54) is 6.92 Å². The zero-order valence-electron chi connectivity index (χ0n) is 9.39. The average molecular weight is 239 g/mol. The van der Waals surface area contributed by atoms with Gasteiger partial charge in [0, 0.05) is 21.0 Å². The number of rotatable bonds is 2. The van der Waals surface area contributed by atoms with Gasteiger partial charge in [-0.05, 0) is 36.5 Å². The van der Waals surface area contributed by atoms with E-state index >= 15 is 0 Å². The Hall–Kier alpha value is -1.62. The fourth-order valence-corrected chi connectivity index (χ4v) is 1.03. The molecule has 0 radical (unpaired) electrons. The molecule has 4 nitrogen and oxygen atoms in total. The number of thiocarbonyl (C=S) groups is 1. The van der Waals surface area contributed by atoms with Crippen molar-refractivity contribution >= 4 is 23.4 Å². The van der Waals surface area contributed by atoms with E-state index in [0.29, 0.717) is 16.7 Å². The first-order chi connectivity index (χ1) is 7.49. The number of nitrogens with zero attached hydrogens (tertiary/aromatic N) is 1. The number of esters is 1. The van der Waals surface area contributed by atoms with Gasteiger partial charge in [0.2, 0.25) is 0 Å². The molecule has 0 aromatic heterocycles. The van der Waals surface area contributed by atoms with Gasteiger partial charge in [-0.3, -0.25) is 4.79 Å². The highest BCUT2D eigenvalue weighted by Crippen LogP contribution is 2.18. The minimum Gasteiger partial charge on any atom is -0.432 e. The van der Waals surface area contributed by atoms with Crippen molar-refractivity contribution in [1.82, 2.24) is 4.90 Å². The molecule has 5 heteroatoms. The van der Waals surface area contributed by atoms with E-state index in [2.05, 4.69) is 0 Å². The van der Waals surface area contributed by atoms with Gasteiger partial charge in [0.05, 0.1) is 0 Å². The van der Waals surface area contributed by atoms with Crippen LogP contribution in [0.25, 0.3) is 0 Å². The lowest BCUT2D eigenvalue weighted by Crippen LogP contribution is -2.24. The normalized spacial score (nSPS) is 9.44. The highest BCUT2D eigenvalue weighted by Gasteiger charge is 2.03. The monoisotopic (exact) mass is 239 g/mol. The van der Waals surface area contributed by atoms with Crippen molar-refractivity contribution in [2.45, 2.75) is 6.92 Å². The van der Waals surface area contributed by atoms with Crippen LogP contribution >= 0.6 is 12.2 Å². The molecule has 0 aliphatic carbocycles. The molecule has 1 rings (SSSR count). The molecule has 0 amide bonds. The largest absolute Gasteiger partial charge is 0.432 e. The zero-order valence-corrected chi connectivity index (χ0v) is 10.2. The van der Waals surface area contributed by atoms with E-state index in [0.717, 1.165) is 0 Å². The molecule has 1 aromatic rings. The molecule has 0 aliphatic heterocycles. The summed E-state index contributed by atoms with van der Waals surface area (Å²) in [4.78, 5) is 12.4. The maximum absolute atomic E-state index is 10.7. The molecule has 16 heavy (non-hydrogen) atoms. The molecule has 1 aromatic carbocycles. The molecule has 86 valence electrons. The van der Waals surface area contributed by atoms with Crippen LogP contribution in [0.5, 0.6) is 11.5 Å². The molecule has 0 aliphatic rings. The van der Waals surface area contributed by atoms with Gasteiger partial charge < -0.3 is 14.4 Å². The SMILES string of the molecule is CC(=O)Oc1ccc(OC(=S)N(C)C)cc1. The number of carbonyl (C=O) groups is 1. The highest BCUT2D eigenvalue weighted by atomic mass is 32.1. The number of benzene rings is 1.